The van der Waals surface area contributed by atoms with Crippen molar-refractivity contribution < 1.29 is 9.53 Å². The molecule has 0 fully saturated rings. The number of benzene rings is 1. The van der Waals surface area contributed by atoms with Gasteiger partial charge in [0.1, 0.15) is 15.9 Å². The second-order valence-electron chi connectivity index (χ2n) is 5.80. The maximum absolute atomic E-state index is 12.6. The number of rotatable bonds is 3. The molecule has 1 unspecified atom stereocenters. The minimum Gasteiger partial charge on any atom is -0.380 e. The zero-order valence-electron chi connectivity index (χ0n) is 13.4. The van der Waals surface area contributed by atoms with Crippen molar-refractivity contribution in [2.45, 2.75) is 19.7 Å². The molecule has 6 heteroatoms. The largest absolute Gasteiger partial charge is 0.380 e. The maximum Gasteiger partial charge on any atom is 0.265 e. The summed E-state index contributed by atoms with van der Waals surface area (Å²) in [7, 11) is 1.67. The number of nitrogens with one attached hydrogen (secondary N) is 2. The van der Waals surface area contributed by atoms with E-state index in [1.54, 1.807) is 7.11 Å². The Morgan fingerprint density at radius 1 is 1.25 bits per heavy atom. The van der Waals surface area contributed by atoms with E-state index in [0.717, 1.165) is 32.7 Å². The maximum atomic E-state index is 12.6. The summed E-state index contributed by atoms with van der Waals surface area (Å²) >= 11 is 1.42. The molecule has 0 saturated carbocycles. The minimum atomic E-state index is -0.249. The third-order valence-corrected chi connectivity index (χ3v) is 5.16. The Balaban J connectivity index is 1.87. The van der Waals surface area contributed by atoms with Crippen LogP contribution in [0.15, 0.2) is 36.4 Å². The van der Waals surface area contributed by atoms with Gasteiger partial charge in [-0.2, -0.15) is 0 Å². The third kappa shape index (κ3) is 2.44. The van der Waals surface area contributed by atoms with Gasteiger partial charge in [-0.1, -0.05) is 30.3 Å². The normalized spacial score (nSPS) is 16.6. The zero-order chi connectivity index (χ0) is 16.7. The van der Waals surface area contributed by atoms with E-state index in [9.17, 15) is 4.79 Å². The highest BCUT2D eigenvalue weighted by Gasteiger charge is 2.30. The predicted octanol–water partition coefficient (Wildman–Crippen LogP) is 3.61. The van der Waals surface area contributed by atoms with Gasteiger partial charge in [0, 0.05) is 18.2 Å². The number of nitrogens with zero attached hydrogens (tertiary/aromatic N) is 1. The molecule has 2 N–H and O–H groups in total. The summed E-state index contributed by atoms with van der Waals surface area (Å²) in [6.45, 7) is 2.44. The highest BCUT2D eigenvalue weighted by molar-refractivity contribution is 7.21. The number of carbonyl (C=O) groups excluding carboxylic acids is 1. The molecule has 122 valence electrons. The number of aromatic nitrogens is 1. The van der Waals surface area contributed by atoms with Crippen molar-refractivity contribution in [3.8, 4) is 0 Å². The molecule has 3 aromatic rings. The Hall–Kier alpha value is -2.44. The van der Waals surface area contributed by atoms with E-state index < -0.39 is 0 Å². The smallest absolute Gasteiger partial charge is 0.265 e. The predicted molar refractivity (Wildman–Crippen MR) is 95.3 cm³/mol. The van der Waals surface area contributed by atoms with E-state index in [-0.39, 0.29) is 12.1 Å². The van der Waals surface area contributed by atoms with Crippen LogP contribution in [0.2, 0.25) is 0 Å². The van der Waals surface area contributed by atoms with Gasteiger partial charge in [0.05, 0.1) is 12.3 Å². The Kier molecular flexibility index (Phi) is 3.70. The van der Waals surface area contributed by atoms with Gasteiger partial charge in [-0.3, -0.25) is 4.79 Å². The summed E-state index contributed by atoms with van der Waals surface area (Å²) in [5.41, 5.74) is 3.84. The number of methoxy groups -OCH3 is 1. The monoisotopic (exact) mass is 339 g/mol. The molecule has 1 amide bonds. The van der Waals surface area contributed by atoms with Crippen LogP contribution in [-0.2, 0) is 11.3 Å². The fraction of sp³-hybridized carbons (Fsp3) is 0.222. The summed E-state index contributed by atoms with van der Waals surface area (Å²) in [5.74, 6) is -0.0679. The first-order valence-corrected chi connectivity index (χ1v) is 8.53. The SMILES string of the molecule is COCc1cc(C)nc2sc3c(c12)NC(c1ccccc1)NC3=O. The second kappa shape index (κ2) is 5.89. The van der Waals surface area contributed by atoms with Gasteiger partial charge in [0.25, 0.3) is 5.91 Å². The molecule has 5 nitrogen and oxygen atoms in total. The first-order chi connectivity index (χ1) is 11.7. The molecule has 0 radical (unpaired) electrons. The van der Waals surface area contributed by atoms with Crippen LogP contribution >= 0.6 is 11.3 Å². The number of hydrogen-bond donors (Lipinski definition) is 2. The summed E-state index contributed by atoms with van der Waals surface area (Å²) in [6, 6.07) is 11.9. The fourth-order valence-corrected chi connectivity index (χ4v) is 4.20. The van der Waals surface area contributed by atoms with Crippen LogP contribution < -0.4 is 10.6 Å². The van der Waals surface area contributed by atoms with E-state index in [1.165, 1.54) is 11.3 Å². The first-order valence-electron chi connectivity index (χ1n) is 7.71. The average Bonchev–Trinajstić information content (AvgIpc) is 2.95. The zero-order valence-corrected chi connectivity index (χ0v) is 14.2. The Morgan fingerprint density at radius 3 is 2.79 bits per heavy atom. The molecule has 1 aliphatic rings. The van der Waals surface area contributed by atoms with Gasteiger partial charge < -0.3 is 15.4 Å². The topological polar surface area (TPSA) is 63.2 Å². The van der Waals surface area contributed by atoms with Crippen LogP contribution in [0.4, 0.5) is 5.69 Å². The third-order valence-electron chi connectivity index (χ3n) is 4.07. The van der Waals surface area contributed by atoms with Gasteiger partial charge in [0.15, 0.2) is 0 Å². The molecule has 0 spiro atoms. The number of hydrogen-bond acceptors (Lipinski definition) is 5. The lowest BCUT2D eigenvalue weighted by Gasteiger charge is -2.26. The van der Waals surface area contributed by atoms with Crippen molar-refractivity contribution in [3.63, 3.8) is 0 Å². The number of thiophene rings is 1. The molecule has 0 saturated heterocycles. The van der Waals surface area contributed by atoms with Crippen LogP contribution in [0.5, 0.6) is 0 Å². The van der Waals surface area contributed by atoms with Gasteiger partial charge >= 0.3 is 0 Å². The van der Waals surface area contributed by atoms with E-state index in [4.69, 9.17) is 4.74 Å². The van der Waals surface area contributed by atoms with Crippen molar-refractivity contribution in [1.82, 2.24) is 10.3 Å². The lowest BCUT2D eigenvalue weighted by Crippen LogP contribution is -2.37. The van der Waals surface area contributed by atoms with Gasteiger partial charge in [-0.25, -0.2) is 4.98 Å². The van der Waals surface area contributed by atoms with Crippen LogP contribution in [0.1, 0.15) is 32.7 Å². The Morgan fingerprint density at radius 2 is 2.04 bits per heavy atom. The first kappa shape index (κ1) is 15.1. The molecule has 0 aliphatic carbocycles. The molecule has 2 aromatic heterocycles. The van der Waals surface area contributed by atoms with Crippen molar-refractivity contribution in [2.24, 2.45) is 0 Å². The van der Waals surface area contributed by atoms with Crippen LogP contribution in [0.3, 0.4) is 0 Å². The number of amides is 1. The average molecular weight is 339 g/mol. The summed E-state index contributed by atoms with van der Waals surface area (Å²) in [6.07, 6.45) is -0.249. The number of pyridine rings is 1. The van der Waals surface area contributed by atoms with Crippen LogP contribution in [0, 0.1) is 6.92 Å². The summed E-state index contributed by atoms with van der Waals surface area (Å²) < 4.78 is 5.34. The highest BCUT2D eigenvalue weighted by Crippen LogP contribution is 2.41. The van der Waals surface area contributed by atoms with Gasteiger partial charge in [-0.15, -0.1) is 11.3 Å². The molecule has 24 heavy (non-hydrogen) atoms. The molecule has 3 heterocycles. The highest BCUT2D eigenvalue weighted by atomic mass is 32.1. The van der Waals surface area contributed by atoms with Crippen molar-refractivity contribution in [2.75, 3.05) is 12.4 Å². The Labute approximate surface area is 143 Å². The number of ether oxygens (including phenoxy) is 1. The minimum absolute atomic E-state index is 0.0679. The van der Waals surface area contributed by atoms with Crippen molar-refractivity contribution in [3.05, 3.63) is 58.1 Å². The lowest BCUT2D eigenvalue weighted by atomic mass is 10.1. The van der Waals surface area contributed by atoms with Gasteiger partial charge in [0.2, 0.25) is 0 Å². The number of fused-ring (bicyclic) bond motifs is 3. The summed E-state index contributed by atoms with van der Waals surface area (Å²) in [5, 5.41) is 7.47. The van der Waals surface area contributed by atoms with Crippen molar-refractivity contribution in [1.29, 1.82) is 0 Å². The fourth-order valence-electron chi connectivity index (χ4n) is 3.07. The van der Waals surface area contributed by atoms with E-state index in [1.807, 2.05) is 43.3 Å². The molecule has 1 aromatic carbocycles. The second-order valence-corrected chi connectivity index (χ2v) is 6.80. The number of aryl methyl sites for hydroxylation is 1. The number of carbonyl (C=O) groups is 1. The van der Waals surface area contributed by atoms with E-state index in [2.05, 4.69) is 15.6 Å². The molecule has 4 rings (SSSR count). The molecule has 1 atom stereocenters. The van der Waals surface area contributed by atoms with Crippen LogP contribution in [-0.4, -0.2) is 18.0 Å². The standard InChI is InChI=1S/C18H17N3O2S/c1-10-8-12(9-23-2)13-14-15(24-18(13)19-10)17(22)21-16(20-14)11-6-4-3-5-7-11/h3-8,16,20H,9H2,1-2H3,(H,21,22). The van der Waals surface area contributed by atoms with E-state index >= 15 is 0 Å². The Bertz CT molecular complexity index is 921. The van der Waals surface area contributed by atoms with Gasteiger partial charge in [-0.05, 0) is 24.1 Å². The molecular formula is C18H17N3O2S. The molecule has 1 aliphatic heterocycles. The quantitative estimate of drug-likeness (QED) is 0.765. The summed E-state index contributed by atoms with van der Waals surface area (Å²) in [4.78, 5) is 18.7. The van der Waals surface area contributed by atoms with Crippen LogP contribution in [0.25, 0.3) is 10.2 Å². The lowest BCUT2D eigenvalue weighted by molar-refractivity contribution is 0.0940. The molecular weight excluding hydrogens is 322 g/mol. The van der Waals surface area contributed by atoms with E-state index in [0.29, 0.717) is 11.5 Å². The molecule has 0 bridgehead atoms. The number of anilines is 1. The van der Waals surface area contributed by atoms with Crippen molar-refractivity contribution >= 4 is 33.1 Å².